The summed E-state index contributed by atoms with van der Waals surface area (Å²) in [4.78, 5) is 11.7. The van der Waals surface area contributed by atoms with Crippen molar-refractivity contribution in [1.82, 2.24) is 0 Å². The minimum absolute atomic E-state index is 0.0712. The van der Waals surface area contributed by atoms with Gasteiger partial charge in [0.05, 0.1) is 0 Å². The summed E-state index contributed by atoms with van der Waals surface area (Å²) in [6.45, 7) is 0. The van der Waals surface area contributed by atoms with Crippen LogP contribution in [0.4, 0.5) is 8.78 Å². The number of hydrogen-bond donors (Lipinski definition) is 0. The summed E-state index contributed by atoms with van der Waals surface area (Å²) in [5, 5.41) is 0. The molecule has 0 radical (unpaired) electrons. The van der Waals surface area contributed by atoms with Crippen molar-refractivity contribution in [2.75, 3.05) is 6.26 Å². The first-order chi connectivity index (χ1) is 6.15. The number of Topliss-reactive ketones (excluding diaryl/α,β-unsaturated/α-hetero) is 1. The molecule has 0 N–H and O–H groups in total. The molecule has 0 fully saturated rings. The van der Waals surface area contributed by atoms with E-state index in [9.17, 15) is 13.6 Å². The zero-order valence-corrected chi connectivity index (χ0v) is 7.78. The van der Waals surface area contributed by atoms with Crippen molar-refractivity contribution in [3.8, 4) is 0 Å². The molecule has 70 valence electrons. The first-order valence-electron chi connectivity index (χ1n) is 3.61. The summed E-state index contributed by atoms with van der Waals surface area (Å²) >= 11 is 1.41. The normalized spacial score (nSPS) is 10.5. The van der Waals surface area contributed by atoms with Gasteiger partial charge >= 0.3 is 6.43 Å². The summed E-state index contributed by atoms with van der Waals surface area (Å²) < 4.78 is 24.0. The predicted octanol–water partition coefficient (Wildman–Crippen LogP) is 2.86. The fraction of sp³-hybridized carbons (Fsp3) is 0.222. The van der Waals surface area contributed by atoms with Gasteiger partial charge in [-0.05, 0) is 18.4 Å². The van der Waals surface area contributed by atoms with E-state index in [0.717, 1.165) is 4.90 Å². The molecule has 0 bridgehead atoms. The molecule has 0 unspecified atom stereocenters. The smallest absolute Gasteiger partial charge is 0.288 e. The Morgan fingerprint density at radius 2 is 2.15 bits per heavy atom. The van der Waals surface area contributed by atoms with Crippen molar-refractivity contribution in [3.05, 3.63) is 29.8 Å². The second kappa shape index (κ2) is 4.37. The van der Waals surface area contributed by atoms with Gasteiger partial charge in [-0.2, -0.15) is 0 Å². The van der Waals surface area contributed by atoms with Crippen molar-refractivity contribution in [1.29, 1.82) is 0 Å². The third kappa shape index (κ3) is 2.52. The molecule has 0 aliphatic rings. The van der Waals surface area contributed by atoms with Crippen LogP contribution in [0.1, 0.15) is 10.4 Å². The molecule has 0 saturated carbocycles. The highest BCUT2D eigenvalue weighted by Crippen LogP contribution is 2.17. The number of alkyl halides is 2. The summed E-state index contributed by atoms with van der Waals surface area (Å²) in [6, 6.07) is 6.24. The average molecular weight is 202 g/mol. The van der Waals surface area contributed by atoms with E-state index >= 15 is 0 Å². The number of benzene rings is 1. The van der Waals surface area contributed by atoms with Gasteiger partial charge in [-0.25, -0.2) is 8.78 Å². The molecule has 0 heterocycles. The van der Waals surface area contributed by atoms with E-state index in [2.05, 4.69) is 0 Å². The molecule has 0 aliphatic carbocycles. The fourth-order valence-electron chi connectivity index (χ4n) is 0.902. The molecule has 0 saturated heterocycles. The van der Waals surface area contributed by atoms with Gasteiger partial charge in [0.15, 0.2) is 0 Å². The number of thioether (sulfide) groups is 1. The van der Waals surface area contributed by atoms with E-state index in [1.165, 1.54) is 23.9 Å². The van der Waals surface area contributed by atoms with Gasteiger partial charge < -0.3 is 0 Å². The number of halogens is 2. The van der Waals surface area contributed by atoms with Crippen LogP contribution in [0.3, 0.4) is 0 Å². The van der Waals surface area contributed by atoms with Gasteiger partial charge in [0.25, 0.3) is 0 Å². The molecule has 1 aromatic rings. The number of ketones is 1. The maximum absolute atomic E-state index is 12.0. The highest BCUT2D eigenvalue weighted by atomic mass is 32.2. The zero-order chi connectivity index (χ0) is 9.84. The summed E-state index contributed by atoms with van der Waals surface area (Å²) in [6.07, 6.45) is -1.09. The quantitative estimate of drug-likeness (QED) is 0.553. The van der Waals surface area contributed by atoms with E-state index < -0.39 is 12.2 Å². The molecule has 13 heavy (non-hydrogen) atoms. The molecular weight excluding hydrogens is 194 g/mol. The molecule has 1 rings (SSSR count). The molecule has 4 heteroatoms. The number of hydrogen-bond acceptors (Lipinski definition) is 2. The molecule has 0 amide bonds. The summed E-state index contributed by atoms with van der Waals surface area (Å²) in [5.74, 6) is -1.11. The van der Waals surface area contributed by atoms with Crippen molar-refractivity contribution < 1.29 is 13.6 Å². The van der Waals surface area contributed by atoms with Crippen LogP contribution in [-0.2, 0) is 0 Å². The topological polar surface area (TPSA) is 17.1 Å². The van der Waals surface area contributed by atoms with Crippen LogP contribution in [0.25, 0.3) is 0 Å². The van der Waals surface area contributed by atoms with E-state index in [-0.39, 0.29) is 5.56 Å². The van der Waals surface area contributed by atoms with Crippen LogP contribution in [0.5, 0.6) is 0 Å². The molecule has 0 atom stereocenters. The van der Waals surface area contributed by atoms with Crippen LogP contribution in [-0.4, -0.2) is 18.5 Å². The average Bonchev–Trinajstić information content (AvgIpc) is 2.16. The first-order valence-corrected chi connectivity index (χ1v) is 4.84. The lowest BCUT2D eigenvalue weighted by Crippen LogP contribution is -2.09. The van der Waals surface area contributed by atoms with Crippen LogP contribution in [0.15, 0.2) is 29.2 Å². The van der Waals surface area contributed by atoms with Crippen molar-refractivity contribution in [3.63, 3.8) is 0 Å². The lowest BCUT2D eigenvalue weighted by atomic mass is 10.1. The van der Waals surface area contributed by atoms with Crippen LogP contribution < -0.4 is 0 Å². The molecule has 0 aromatic heterocycles. The monoisotopic (exact) mass is 202 g/mol. The van der Waals surface area contributed by atoms with Crippen LogP contribution in [0, 0.1) is 0 Å². The number of carbonyl (C=O) groups is 1. The molecule has 0 spiro atoms. The lowest BCUT2D eigenvalue weighted by Gasteiger charge is -2.01. The van der Waals surface area contributed by atoms with Gasteiger partial charge in [0.2, 0.25) is 5.78 Å². The second-order valence-electron chi connectivity index (χ2n) is 2.40. The first kappa shape index (κ1) is 10.2. The highest BCUT2D eigenvalue weighted by molar-refractivity contribution is 7.98. The van der Waals surface area contributed by atoms with Gasteiger partial charge in [0.1, 0.15) is 0 Å². The summed E-state index contributed by atoms with van der Waals surface area (Å²) in [5.41, 5.74) is 0.0712. The maximum Gasteiger partial charge on any atom is 0.300 e. The van der Waals surface area contributed by atoms with Crippen LogP contribution >= 0.6 is 11.8 Å². The Hall–Kier alpha value is -0.900. The van der Waals surface area contributed by atoms with E-state index in [4.69, 9.17) is 0 Å². The van der Waals surface area contributed by atoms with Gasteiger partial charge in [0, 0.05) is 10.5 Å². The largest absolute Gasteiger partial charge is 0.300 e. The minimum atomic E-state index is -2.92. The zero-order valence-electron chi connectivity index (χ0n) is 6.96. The van der Waals surface area contributed by atoms with Gasteiger partial charge in [-0.15, -0.1) is 11.8 Å². The van der Waals surface area contributed by atoms with E-state index in [0.29, 0.717) is 0 Å². The molecule has 1 aromatic carbocycles. The highest BCUT2D eigenvalue weighted by Gasteiger charge is 2.17. The Labute approximate surface area is 79.1 Å². The molecule has 1 nitrogen and oxygen atoms in total. The third-order valence-electron chi connectivity index (χ3n) is 1.55. The van der Waals surface area contributed by atoms with Gasteiger partial charge in [-0.3, -0.25) is 4.79 Å². The Balaban J connectivity index is 2.95. The Morgan fingerprint density at radius 1 is 1.46 bits per heavy atom. The maximum atomic E-state index is 12.0. The van der Waals surface area contributed by atoms with E-state index in [1.807, 2.05) is 6.26 Å². The predicted molar refractivity (Wildman–Crippen MR) is 48.6 cm³/mol. The molecular formula is C9H8F2OS. The fourth-order valence-corrected chi connectivity index (χ4v) is 1.36. The van der Waals surface area contributed by atoms with Crippen molar-refractivity contribution in [2.45, 2.75) is 11.3 Å². The van der Waals surface area contributed by atoms with Crippen molar-refractivity contribution in [2.24, 2.45) is 0 Å². The second-order valence-corrected chi connectivity index (χ2v) is 3.28. The minimum Gasteiger partial charge on any atom is -0.288 e. The molecule has 0 aliphatic heterocycles. The standard InChI is InChI=1S/C9H8F2OS/c1-13-7-4-2-3-6(5-7)8(12)9(10)11/h2-5,9H,1H3. The third-order valence-corrected chi connectivity index (χ3v) is 2.28. The number of rotatable bonds is 3. The summed E-state index contributed by atoms with van der Waals surface area (Å²) in [7, 11) is 0. The van der Waals surface area contributed by atoms with E-state index in [1.54, 1.807) is 12.1 Å². The number of carbonyl (C=O) groups excluding carboxylic acids is 1. The SMILES string of the molecule is CSc1cccc(C(=O)C(F)F)c1. The van der Waals surface area contributed by atoms with Crippen molar-refractivity contribution >= 4 is 17.5 Å². The Bertz CT molecular complexity index is 312. The lowest BCUT2D eigenvalue weighted by molar-refractivity contribution is 0.0678. The van der Waals surface area contributed by atoms with Gasteiger partial charge in [-0.1, -0.05) is 12.1 Å². The Morgan fingerprint density at radius 3 is 2.69 bits per heavy atom. The Kier molecular flexibility index (Phi) is 3.42. The van der Waals surface area contributed by atoms with Crippen LogP contribution in [0.2, 0.25) is 0 Å².